The number of fused-ring (bicyclic) bond motifs is 1. The zero-order valence-corrected chi connectivity index (χ0v) is 19.9. The van der Waals surface area contributed by atoms with E-state index in [1.165, 1.54) is 6.08 Å². The second-order valence-corrected chi connectivity index (χ2v) is 9.02. The average Bonchev–Trinajstić information content (AvgIpc) is 3.30. The second kappa shape index (κ2) is 10.0. The highest BCUT2D eigenvalue weighted by molar-refractivity contribution is 6.05. The molecule has 2 amide bonds. The van der Waals surface area contributed by atoms with Crippen LogP contribution < -0.4 is 16.4 Å². The highest BCUT2D eigenvalue weighted by Gasteiger charge is 2.26. The Morgan fingerprint density at radius 1 is 1.06 bits per heavy atom. The van der Waals surface area contributed by atoms with Gasteiger partial charge >= 0.3 is 0 Å². The summed E-state index contributed by atoms with van der Waals surface area (Å²) in [4.78, 5) is 33.0. The Labute approximate surface area is 209 Å². The first-order valence-corrected chi connectivity index (χ1v) is 12.0. The van der Waals surface area contributed by atoms with Gasteiger partial charge in [-0.1, -0.05) is 24.8 Å². The van der Waals surface area contributed by atoms with Crippen LogP contribution in [0.2, 0.25) is 0 Å². The van der Waals surface area contributed by atoms with Crippen molar-refractivity contribution < 1.29 is 9.59 Å². The molecule has 1 fully saturated rings. The van der Waals surface area contributed by atoms with Crippen molar-refractivity contribution in [2.75, 3.05) is 11.1 Å². The van der Waals surface area contributed by atoms with Gasteiger partial charge in [-0.05, 0) is 67.7 Å². The van der Waals surface area contributed by atoms with Crippen LogP contribution in [0.25, 0.3) is 22.0 Å². The van der Waals surface area contributed by atoms with Gasteiger partial charge < -0.3 is 20.9 Å². The van der Waals surface area contributed by atoms with Crippen LogP contribution in [0.5, 0.6) is 0 Å². The van der Waals surface area contributed by atoms with E-state index < -0.39 is 0 Å². The number of hydrogen-bond acceptors (Lipinski definition) is 5. The Kier molecular flexibility index (Phi) is 6.49. The molecule has 8 heteroatoms. The first-order valence-electron chi connectivity index (χ1n) is 12.0. The third-order valence-electron chi connectivity index (χ3n) is 6.71. The number of pyridine rings is 2. The molecule has 2 unspecified atom stereocenters. The summed E-state index contributed by atoms with van der Waals surface area (Å²) >= 11 is 0. The minimum absolute atomic E-state index is 0.103. The summed E-state index contributed by atoms with van der Waals surface area (Å²) in [6.07, 6.45) is 10.6. The largest absolute Gasteiger partial charge is 0.383 e. The van der Waals surface area contributed by atoms with Gasteiger partial charge in [0.1, 0.15) is 11.6 Å². The number of rotatable bonds is 6. The quantitative estimate of drug-likeness (QED) is 0.346. The lowest BCUT2D eigenvalue weighted by Crippen LogP contribution is -2.37. The average molecular weight is 481 g/mol. The summed E-state index contributed by atoms with van der Waals surface area (Å²) in [5.41, 5.74) is 9.80. The normalized spacial score (nSPS) is 17.4. The van der Waals surface area contributed by atoms with Crippen LogP contribution in [-0.2, 0) is 4.79 Å². The molecule has 0 bridgehead atoms. The topological polar surface area (TPSA) is 115 Å². The molecule has 5 rings (SSSR count). The maximum atomic E-state index is 12.6. The maximum absolute atomic E-state index is 12.6. The van der Waals surface area contributed by atoms with E-state index in [9.17, 15) is 9.59 Å². The second-order valence-electron chi connectivity index (χ2n) is 9.02. The van der Waals surface area contributed by atoms with E-state index in [1.807, 2.05) is 24.3 Å². The minimum Gasteiger partial charge on any atom is -0.383 e. The monoisotopic (exact) mass is 480 g/mol. The Balaban J connectivity index is 1.44. The first-order chi connectivity index (χ1) is 17.5. The van der Waals surface area contributed by atoms with Gasteiger partial charge in [0.25, 0.3) is 5.91 Å². The fourth-order valence-electron chi connectivity index (χ4n) is 4.99. The minimum atomic E-state index is -0.223. The number of benzene rings is 1. The number of anilines is 2. The van der Waals surface area contributed by atoms with E-state index in [-0.39, 0.29) is 23.9 Å². The van der Waals surface area contributed by atoms with Crippen LogP contribution in [0.15, 0.2) is 79.8 Å². The fraction of sp³-hybridized carbons (Fsp3) is 0.214. The molecule has 4 N–H and O–H groups in total. The van der Waals surface area contributed by atoms with Crippen LogP contribution >= 0.6 is 0 Å². The third-order valence-corrected chi connectivity index (χ3v) is 6.71. The molecule has 1 aliphatic rings. The Bertz CT molecular complexity index is 1410. The molecule has 182 valence electrons. The highest BCUT2D eigenvalue weighted by Crippen LogP contribution is 2.39. The van der Waals surface area contributed by atoms with Gasteiger partial charge in [0.2, 0.25) is 5.91 Å². The predicted octanol–water partition coefficient (Wildman–Crippen LogP) is 4.72. The number of nitrogens with zero attached hydrogens (tertiary/aromatic N) is 3. The number of aromatic nitrogens is 3. The Morgan fingerprint density at radius 3 is 2.64 bits per heavy atom. The molecule has 8 nitrogen and oxygen atoms in total. The summed E-state index contributed by atoms with van der Waals surface area (Å²) in [7, 11) is 0. The number of nitrogens with one attached hydrogen (secondary N) is 2. The van der Waals surface area contributed by atoms with Crippen molar-refractivity contribution in [3.63, 3.8) is 0 Å². The molecule has 0 radical (unpaired) electrons. The molecule has 2 atom stereocenters. The van der Waals surface area contributed by atoms with Crippen LogP contribution in [0.4, 0.5) is 11.6 Å². The van der Waals surface area contributed by atoms with E-state index in [0.717, 1.165) is 47.7 Å². The van der Waals surface area contributed by atoms with Crippen LogP contribution in [-0.4, -0.2) is 32.4 Å². The molecular weight excluding hydrogens is 452 g/mol. The molecular formula is C28H28N6O2. The summed E-state index contributed by atoms with van der Waals surface area (Å²) in [5.74, 6) is 0.604. The van der Waals surface area contributed by atoms with Gasteiger partial charge in [0.15, 0.2) is 0 Å². The van der Waals surface area contributed by atoms with E-state index in [2.05, 4.69) is 37.9 Å². The lowest BCUT2D eigenvalue weighted by atomic mass is 9.90. The van der Waals surface area contributed by atoms with E-state index in [4.69, 9.17) is 5.73 Å². The van der Waals surface area contributed by atoms with Crippen molar-refractivity contribution in [2.24, 2.45) is 0 Å². The molecule has 1 aromatic carbocycles. The molecule has 0 saturated heterocycles. The summed E-state index contributed by atoms with van der Waals surface area (Å²) in [6.45, 7) is 3.56. The van der Waals surface area contributed by atoms with Crippen molar-refractivity contribution in [3.05, 3.63) is 85.3 Å². The van der Waals surface area contributed by atoms with Crippen LogP contribution in [0, 0.1) is 0 Å². The van der Waals surface area contributed by atoms with Gasteiger partial charge in [0, 0.05) is 47.2 Å². The number of nitrogen functional groups attached to an aromatic ring is 1. The van der Waals surface area contributed by atoms with Gasteiger partial charge in [-0.15, -0.1) is 0 Å². The van der Waals surface area contributed by atoms with Crippen molar-refractivity contribution in [2.45, 2.75) is 37.8 Å². The summed E-state index contributed by atoms with van der Waals surface area (Å²) in [6, 6.07) is 15.1. The zero-order chi connectivity index (χ0) is 25.1. The molecule has 1 aliphatic carbocycles. The lowest BCUT2D eigenvalue weighted by Gasteiger charge is -2.31. The predicted molar refractivity (Wildman–Crippen MR) is 141 cm³/mol. The number of hydrogen-bond donors (Lipinski definition) is 3. The van der Waals surface area contributed by atoms with Gasteiger partial charge in [-0.25, -0.2) is 9.97 Å². The standard InChI is InChI=1S/C28H28N6O2/c1-2-25(35)32-20-6-5-7-21(16-20)34-17-22(26-23(34)13-15-31-27(26)29)18-9-11-19(12-10-18)28(36)33-24-8-3-4-14-30-24/h2-4,8-15,17,20-21H,1,5-7,16H2,(H2,29,31)(H,32,35)(H,30,33,36). The smallest absolute Gasteiger partial charge is 0.256 e. The SMILES string of the molecule is C=CC(=O)NC1CCCC(n2cc(-c3ccc(C(=O)Nc4ccccn4)cc3)c3c(N)nccc32)C1. The van der Waals surface area contributed by atoms with Crippen molar-refractivity contribution in [1.82, 2.24) is 19.9 Å². The molecule has 36 heavy (non-hydrogen) atoms. The Morgan fingerprint density at radius 2 is 1.89 bits per heavy atom. The molecule has 0 aliphatic heterocycles. The Hall–Kier alpha value is -4.46. The molecule has 3 aromatic heterocycles. The van der Waals surface area contributed by atoms with Gasteiger partial charge in [0.05, 0.1) is 5.52 Å². The van der Waals surface area contributed by atoms with E-state index in [1.54, 1.807) is 36.7 Å². The maximum Gasteiger partial charge on any atom is 0.256 e. The fourth-order valence-corrected chi connectivity index (χ4v) is 4.99. The first kappa shape index (κ1) is 23.3. The van der Waals surface area contributed by atoms with Crippen molar-refractivity contribution >= 4 is 34.4 Å². The van der Waals surface area contributed by atoms with Crippen molar-refractivity contribution in [1.29, 1.82) is 0 Å². The van der Waals surface area contributed by atoms with Gasteiger partial charge in [-0.3, -0.25) is 9.59 Å². The van der Waals surface area contributed by atoms with Crippen LogP contribution in [0.3, 0.4) is 0 Å². The highest BCUT2D eigenvalue weighted by atomic mass is 16.2. The molecule has 0 spiro atoms. The lowest BCUT2D eigenvalue weighted by molar-refractivity contribution is -0.117. The number of nitrogens with two attached hydrogens (primary N) is 1. The number of amides is 2. The number of carbonyl (C=O) groups is 2. The molecule has 1 saturated carbocycles. The van der Waals surface area contributed by atoms with E-state index >= 15 is 0 Å². The number of carbonyl (C=O) groups excluding carboxylic acids is 2. The molecule has 3 heterocycles. The van der Waals surface area contributed by atoms with Crippen LogP contribution in [0.1, 0.15) is 42.1 Å². The molecule has 4 aromatic rings. The van der Waals surface area contributed by atoms with Gasteiger partial charge in [-0.2, -0.15) is 0 Å². The summed E-state index contributed by atoms with van der Waals surface area (Å²) in [5, 5.41) is 6.74. The zero-order valence-electron chi connectivity index (χ0n) is 19.9. The third kappa shape index (κ3) is 4.70. The van der Waals surface area contributed by atoms with E-state index in [0.29, 0.717) is 17.2 Å². The summed E-state index contributed by atoms with van der Waals surface area (Å²) < 4.78 is 2.26. The van der Waals surface area contributed by atoms with Crippen molar-refractivity contribution in [3.8, 4) is 11.1 Å².